The minimum atomic E-state index is -0.561. The normalized spacial score (nSPS) is 21.1. The summed E-state index contributed by atoms with van der Waals surface area (Å²) in [4.78, 5) is 5.31. The lowest BCUT2D eigenvalue weighted by atomic mass is 9.98. The van der Waals surface area contributed by atoms with Gasteiger partial charge in [0.2, 0.25) is 0 Å². The molecule has 0 radical (unpaired) electrons. The maximum Gasteiger partial charge on any atom is 0.133 e. The van der Waals surface area contributed by atoms with Crippen LogP contribution in [0.3, 0.4) is 0 Å². The van der Waals surface area contributed by atoms with Crippen LogP contribution in [0.2, 0.25) is 0 Å². The van der Waals surface area contributed by atoms with Crippen LogP contribution in [0, 0.1) is 0 Å². The summed E-state index contributed by atoms with van der Waals surface area (Å²) in [6.07, 6.45) is 1.16. The Kier molecular flexibility index (Phi) is 5.58. The first kappa shape index (κ1) is 17.7. The lowest BCUT2D eigenvalue weighted by molar-refractivity contribution is 0.240. The number of nitrogens with two attached hydrogens (primary N) is 1. The van der Waals surface area contributed by atoms with Crippen LogP contribution in [0.1, 0.15) is 18.5 Å². The van der Waals surface area contributed by atoms with Crippen molar-refractivity contribution < 1.29 is 5.11 Å². The van der Waals surface area contributed by atoms with Crippen LogP contribution in [0.15, 0.2) is 70.3 Å². The lowest BCUT2D eigenvalue weighted by Crippen LogP contribution is -2.29. The molecule has 130 valence electrons. The summed E-state index contributed by atoms with van der Waals surface area (Å²) >= 11 is 1.55. The Morgan fingerprint density at radius 2 is 2.16 bits per heavy atom. The Balaban J connectivity index is 2.03. The van der Waals surface area contributed by atoms with Crippen molar-refractivity contribution in [2.45, 2.75) is 19.1 Å². The first-order chi connectivity index (χ1) is 12.2. The van der Waals surface area contributed by atoms with Crippen LogP contribution < -0.4 is 11.1 Å². The molecule has 25 heavy (non-hydrogen) atoms. The number of fused-ring (bicyclic) bond motifs is 1. The van der Waals surface area contributed by atoms with Crippen molar-refractivity contribution >= 4 is 28.7 Å². The maximum absolute atomic E-state index is 10.3. The second kappa shape index (κ2) is 7.87. The van der Waals surface area contributed by atoms with Crippen molar-refractivity contribution in [3.05, 3.63) is 70.9 Å². The molecule has 3 rings (SSSR count). The highest BCUT2D eigenvalue weighted by Gasteiger charge is 2.27. The smallest absolute Gasteiger partial charge is 0.133 e. The average Bonchev–Trinajstić information content (AvgIpc) is 2.97. The Morgan fingerprint density at radius 3 is 2.84 bits per heavy atom. The van der Waals surface area contributed by atoms with Crippen LogP contribution in [-0.2, 0) is 0 Å². The van der Waals surface area contributed by atoms with Crippen molar-refractivity contribution in [1.29, 1.82) is 0 Å². The van der Waals surface area contributed by atoms with Gasteiger partial charge in [-0.15, -0.1) is 11.8 Å². The molecular formula is C20H23N3OS. The molecule has 0 aromatic heterocycles. The molecule has 0 saturated carbocycles. The highest BCUT2D eigenvalue weighted by molar-refractivity contribution is 8.03. The topological polar surface area (TPSA) is 70.6 Å². The van der Waals surface area contributed by atoms with Crippen molar-refractivity contribution in [2.75, 3.05) is 12.3 Å². The Bertz CT molecular complexity index is 838. The van der Waals surface area contributed by atoms with Crippen molar-refractivity contribution in [3.63, 3.8) is 0 Å². The van der Waals surface area contributed by atoms with Gasteiger partial charge in [-0.1, -0.05) is 49.0 Å². The first-order valence-corrected chi connectivity index (χ1v) is 9.31. The molecule has 1 heterocycles. The van der Waals surface area contributed by atoms with Gasteiger partial charge in [-0.3, -0.25) is 0 Å². The summed E-state index contributed by atoms with van der Waals surface area (Å²) in [5.74, 6) is 1.26. The summed E-state index contributed by atoms with van der Waals surface area (Å²) in [5, 5.41) is 16.1. The highest BCUT2D eigenvalue weighted by atomic mass is 32.2. The number of rotatable bonds is 5. The fourth-order valence-corrected chi connectivity index (χ4v) is 4.03. The van der Waals surface area contributed by atoms with Gasteiger partial charge in [0.25, 0.3) is 0 Å². The van der Waals surface area contributed by atoms with Gasteiger partial charge < -0.3 is 16.2 Å². The third-order valence-electron chi connectivity index (χ3n) is 4.31. The molecule has 4 nitrogen and oxygen atoms in total. The summed E-state index contributed by atoms with van der Waals surface area (Å²) in [5.41, 5.74) is 7.97. The van der Waals surface area contributed by atoms with E-state index in [9.17, 15) is 5.11 Å². The molecule has 2 aromatic carbocycles. The maximum atomic E-state index is 10.3. The molecule has 0 spiro atoms. The molecule has 2 atom stereocenters. The zero-order valence-corrected chi connectivity index (χ0v) is 15.1. The van der Waals surface area contributed by atoms with Crippen molar-refractivity contribution in [3.8, 4) is 0 Å². The van der Waals surface area contributed by atoms with E-state index in [2.05, 4.69) is 41.2 Å². The van der Waals surface area contributed by atoms with E-state index >= 15 is 0 Å². The van der Waals surface area contributed by atoms with Crippen LogP contribution in [0.25, 0.3) is 10.8 Å². The Hall–Kier alpha value is -2.08. The highest BCUT2D eigenvalue weighted by Crippen LogP contribution is 2.37. The second-order valence-corrected chi connectivity index (χ2v) is 7.02. The third-order valence-corrected chi connectivity index (χ3v) is 5.36. The van der Waals surface area contributed by atoms with Gasteiger partial charge in [-0.2, -0.15) is 0 Å². The molecule has 5 heteroatoms. The monoisotopic (exact) mass is 353 g/mol. The minimum absolute atomic E-state index is 0.108. The summed E-state index contributed by atoms with van der Waals surface area (Å²) in [6, 6.07) is 14.4. The molecule has 1 aliphatic rings. The molecule has 1 fully saturated rings. The van der Waals surface area contributed by atoms with E-state index in [4.69, 9.17) is 5.73 Å². The molecule has 0 aliphatic carbocycles. The number of aliphatic imine (C=N–C) groups is 1. The molecule has 2 aromatic rings. The molecule has 2 unspecified atom stereocenters. The number of hydrogen-bond acceptors (Lipinski definition) is 5. The molecular weight excluding hydrogens is 330 g/mol. The van der Waals surface area contributed by atoms with Crippen LogP contribution in [0.5, 0.6) is 0 Å². The number of aliphatic hydroxyl groups excluding tert-OH is 1. The van der Waals surface area contributed by atoms with Gasteiger partial charge in [0, 0.05) is 29.0 Å². The molecule has 1 saturated heterocycles. The number of nitrogens with one attached hydrogen (secondary N) is 1. The van der Waals surface area contributed by atoms with Gasteiger partial charge in [-0.05, 0) is 23.3 Å². The molecule has 1 aliphatic heterocycles. The van der Waals surface area contributed by atoms with E-state index < -0.39 is 6.10 Å². The fourth-order valence-electron chi connectivity index (χ4n) is 3.11. The van der Waals surface area contributed by atoms with Crippen LogP contribution in [-0.4, -0.2) is 29.7 Å². The number of thioether (sulfide) groups is 1. The van der Waals surface area contributed by atoms with Gasteiger partial charge in [0.05, 0.1) is 12.1 Å². The zero-order chi connectivity index (χ0) is 17.8. The van der Waals surface area contributed by atoms with Gasteiger partial charge >= 0.3 is 0 Å². The summed E-state index contributed by atoms with van der Waals surface area (Å²) in [7, 11) is 0. The van der Waals surface area contributed by atoms with Gasteiger partial charge in [0.15, 0.2) is 0 Å². The number of benzene rings is 2. The lowest BCUT2D eigenvalue weighted by Gasteiger charge is -2.22. The standard InChI is InChI=1S/C20H23N3OS/c1-3-22-20(19-13(2)25-12-18(19)24)23-17(11-21)16-10-6-8-14-7-4-5-9-15(14)16/h3-10,17-18,23-24H,2,11-12,21H2,1H3/b20-19-,22-3-. The second-order valence-electron chi connectivity index (χ2n) is 5.90. The Labute approximate surface area is 152 Å². The number of hydrogen-bond donors (Lipinski definition) is 3. The fraction of sp³-hybridized carbons (Fsp3) is 0.250. The Morgan fingerprint density at radius 1 is 1.40 bits per heavy atom. The summed E-state index contributed by atoms with van der Waals surface area (Å²) in [6.45, 7) is 6.32. The van der Waals surface area contributed by atoms with Crippen molar-refractivity contribution in [1.82, 2.24) is 5.32 Å². The largest absolute Gasteiger partial charge is 0.387 e. The van der Waals surface area contributed by atoms with Crippen molar-refractivity contribution in [2.24, 2.45) is 10.7 Å². The van der Waals surface area contributed by atoms with Gasteiger partial charge in [-0.25, -0.2) is 4.99 Å². The predicted molar refractivity (Wildman–Crippen MR) is 108 cm³/mol. The van der Waals surface area contributed by atoms with E-state index in [1.807, 2.05) is 25.1 Å². The number of aliphatic hydroxyl groups is 1. The molecule has 0 amide bonds. The first-order valence-electron chi connectivity index (χ1n) is 8.33. The third kappa shape index (κ3) is 3.63. The zero-order valence-electron chi connectivity index (χ0n) is 14.3. The van der Waals surface area contributed by atoms with E-state index in [1.165, 1.54) is 5.39 Å². The number of nitrogens with zero attached hydrogens (tertiary/aromatic N) is 1. The van der Waals surface area contributed by atoms with E-state index in [0.29, 0.717) is 18.1 Å². The quantitative estimate of drug-likeness (QED) is 0.721. The van der Waals surface area contributed by atoms with Crippen LogP contribution in [0.4, 0.5) is 0 Å². The van der Waals surface area contributed by atoms with Gasteiger partial charge in [0.1, 0.15) is 5.82 Å². The van der Waals surface area contributed by atoms with E-state index in [-0.39, 0.29) is 6.04 Å². The predicted octanol–water partition coefficient (Wildman–Crippen LogP) is 3.35. The SMILES string of the molecule is C=C1SCC(O)/C1=C(/N=C\C)NC(CN)c1cccc2ccccc12. The van der Waals surface area contributed by atoms with Crippen LogP contribution >= 0.6 is 11.8 Å². The van der Waals surface area contributed by atoms with E-state index in [0.717, 1.165) is 21.4 Å². The molecule has 4 N–H and O–H groups in total. The average molecular weight is 353 g/mol. The minimum Gasteiger partial charge on any atom is -0.387 e. The molecule has 0 bridgehead atoms. The van der Waals surface area contributed by atoms with E-state index in [1.54, 1.807) is 18.0 Å². The summed E-state index contributed by atoms with van der Waals surface area (Å²) < 4.78 is 0.